The second-order valence-corrected chi connectivity index (χ2v) is 8.11. The normalized spacial score (nSPS) is 22.6. The minimum absolute atomic E-state index is 0.347. The molecule has 0 spiro atoms. The van der Waals surface area contributed by atoms with Gasteiger partial charge in [-0.25, -0.2) is 0 Å². The molecule has 0 aliphatic carbocycles. The Labute approximate surface area is 123 Å². The minimum Gasteiger partial charge on any atom is -0.388 e. The van der Waals surface area contributed by atoms with Crippen molar-refractivity contribution in [2.45, 2.75) is 44.3 Å². The van der Waals surface area contributed by atoms with Gasteiger partial charge in [0.25, 0.3) is 0 Å². The predicted octanol–water partition coefficient (Wildman–Crippen LogP) is 4.66. The number of halogens is 2. The molecule has 1 aromatic heterocycles. The Balaban J connectivity index is 1.84. The first-order valence-electron chi connectivity index (χ1n) is 5.91. The highest BCUT2D eigenvalue weighted by atomic mass is 79.9. The second kappa shape index (κ2) is 6.66. The van der Waals surface area contributed by atoms with E-state index in [1.165, 1.54) is 12.8 Å². The third kappa shape index (κ3) is 4.03. The molecular weight excluding hydrogens is 368 g/mol. The van der Waals surface area contributed by atoms with E-state index in [4.69, 9.17) is 4.74 Å². The van der Waals surface area contributed by atoms with Gasteiger partial charge in [-0.05, 0) is 70.0 Å². The van der Waals surface area contributed by atoms with Crippen LogP contribution >= 0.6 is 43.2 Å². The number of hydrogen-bond acceptors (Lipinski definition) is 3. The van der Waals surface area contributed by atoms with Crippen LogP contribution in [0.1, 0.15) is 43.8 Å². The molecule has 0 radical (unpaired) electrons. The minimum atomic E-state index is -0.391. The number of rotatable bonds is 4. The molecule has 1 aromatic rings. The lowest BCUT2D eigenvalue weighted by atomic mass is 10.0. The second-order valence-electron chi connectivity index (χ2n) is 4.36. The number of aliphatic hydroxyl groups is 1. The summed E-state index contributed by atoms with van der Waals surface area (Å²) in [5.41, 5.74) is 0.984. The Morgan fingerprint density at radius 3 is 2.88 bits per heavy atom. The molecule has 0 saturated carbocycles. The largest absolute Gasteiger partial charge is 0.388 e. The summed E-state index contributed by atoms with van der Waals surface area (Å²) in [4.78, 5) is 0. The molecule has 2 heterocycles. The molecule has 0 aromatic carbocycles. The van der Waals surface area contributed by atoms with E-state index in [0.29, 0.717) is 6.10 Å². The van der Waals surface area contributed by atoms with Crippen molar-refractivity contribution >= 4 is 43.2 Å². The van der Waals surface area contributed by atoms with Crippen molar-refractivity contribution in [2.24, 2.45) is 0 Å². The molecule has 0 bridgehead atoms. The van der Waals surface area contributed by atoms with Gasteiger partial charge in [0.2, 0.25) is 0 Å². The maximum Gasteiger partial charge on any atom is 0.0810 e. The van der Waals surface area contributed by atoms with Crippen molar-refractivity contribution in [3.8, 4) is 0 Å². The van der Waals surface area contributed by atoms with Crippen LogP contribution in [0.25, 0.3) is 0 Å². The van der Waals surface area contributed by atoms with Crippen LogP contribution in [-0.2, 0) is 4.74 Å². The number of aliphatic hydroxyl groups excluding tert-OH is 1. The molecule has 1 N–H and O–H groups in total. The molecular formula is C12H16Br2O2S. The van der Waals surface area contributed by atoms with Crippen molar-refractivity contribution in [3.63, 3.8) is 0 Å². The van der Waals surface area contributed by atoms with Gasteiger partial charge in [-0.15, -0.1) is 11.3 Å². The first kappa shape index (κ1) is 14.0. The predicted molar refractivity (Wildman–Crippen MR) is 77.5 cm³/mol. The molecule has 1 fully saturated rings. The lowest BCUT2D eigenvalue weighted by molar-refractivity contribution is 0.00211. The van der Waals surface area contributed by atoms with Gasteiger partial charge in [0.15, 0.2) is 0 Å². The van der Waals surface area contributed by atoms with Crippen LogP contribution in [0.2, 0.25) is 0 Å². The van der Waals surface area contributed by atoms with E-state index in [0.717, 1.165) is 39.0 Å². The molecule has 2 nitrogen and oxygen atoms in total. The van der Waals surface area contributed by atoms with Gasteiger partial charge in [0.1, 0.15) is 0 Å². The average molecular weight is 384 g/mol. The van der Waals surface area contributed by atoms with Gasteiger partial charge in [-0.1, -0.05) is 0 Å². The van der Waals surface area contributed by atoms with Crippen LogP contribution in [-0.4, -0.2) is 17.8 Å². The highest BCUT2D eigenvalue weighted by Crippen LogP contribution is 2.37. The summed E-state index contributed by atoms with van der Waals surface area (Å²) < 4.78 is 7.73. The number of hydrogen-bond donors (Lipinski definition) is 1. The molecule has 2 atom stereocenters. The summed E-state index contributed by atoms with van der Waals surface area (Å²) in [6, 6.07) is 1.99. The third-order valence-corrected chi connectivity index (χ3v) is 5.46. The van der Waals surface area contributed by atoms with Crippen LogP contribution in [0, 0.1) is 0 Å². The Morgan fingerprint density at radius 2 is 2.29 bits per heavy atom. The Kier molecular flexibility index (Phi) is 5.49. The van der Waals surface area contributed by atoms with Crippen molar-refractivity contribution in [1.82, 2.24) is 0 Å². The van der Waals surface area contributed by atoms with E-state index in [1.807, 2.05) is 6.07 Å². The first-order chi connectivity index (χ1) is 8.16. The lowest BCUT2D eigenvalue weighted by Crippen LogP contribution is -2.19. The van der Waals surface area contributed by atoms with Crippen molar-refractivity contribution in [3.05, 3.63) is 19.2 Å². The van der Waals surface area contributed by atoms with Crippen LogP contribution in [0.3, 0.4) is 0 Å². The fourth-order valence-electron chi connectivity index (χ4n) is 2.11. The lowest BCUT2D eigenvalue weighted by Gasteiger charge is -2.23. The maximum atomic E-state index is 10.1. The van der Waals surface area contributed by atoms with Crippen LogP contribution in [0.15, 0.2) is 13.6 Å². The van der Waals surface area contributed by atoms with E-state index in [-0.39, 0.29) is 0 Å². The topological polar surface area (TPSA) is 29.5 Å². The fraction of sp³-hybridized carbons (Fsp3) is 0.667. The van der Waals surface area contributed by atoms with E-state index in [1.54, 1.807) is 11.3 Å². The van der Waals surface area contributed by atoms with Crippen molar-refractivity contribution < 1.29 is 9.84 Å². The molecule has 17 heavy (non-hydrogen) atoms. The first-order valence-corrected chi connectivity index (χ1v) is 8.31. The SMILES string of the molecule is OC(CCC1CCCCO1)c1cc(Br)sc1Br. The zero-order chi connectivity index (χ0) is 12.3. The molecule has 1 aliphatic heterocycles. The van der Waals surface area contributed by atoms with E-state index >= 15 is 0 Å². The Hall–Kier alpha value is 0.580. The molecule has 0 amide bonds. The smallest absolute Gasteiger partial charge is 0.0810 e. The summed E-state index contributed by atoms with van der Waals surface area (Å²) in [5, 5.41) is 10.1. The molecule has 96 valence electrons. The van der Waals surface area contributed by atoms with E-state index < -0.39 is 6.10 Å². The summed E-state index contributed by atoms with van der Waals surface area (Å²) in [7, 11) is 0. The zero-order valence-electron chi connectivity index (χ0n) is 9.49. The summed E-state index contributed by atoms with van der Waals surface area (Å²) in [6.07, 6.45) is 5.25. The van der Waals surface area contributed by atoms with Crippen molar-refractivity contribution in [1.29, 1.82) is 0 Å². The van der Waals surface area contributed by atoms with Gasteiger partial charge >= 0.3 is 0 Å². The quantitative estimate of drug-likeness (QED) is 0.819. The Bertz CT molecular complexity index is 361. The van der Waals surface area contributed by atoms with Crippen LogP contribution in [0.4, 0.5) is 0 Å². The summed E-state index contributed by atoms with van der Waals surface area (Å²) in [5.74, 6) is 0. The number of thiophene rings is 1. The van der Waals surface area contributed by atoms with Gasteiger partial charge in [0, 0.05) is 12.2 Å². The molecule has 1 aliphatic rings. The van der Waals surface area contributed by atoms with E-state index in [2.05, 4.69) is 31.9 Å². The monoisotopic (exact) mass is 382 g/mol. The molecule has 2 unspecified atom stereocenters. The fourth-order valence-corrected chi connectivity index (χ4v) is 5.07. The van der Waals surface area contributed by atoms with Gasteiger partial charge < -0.3 is 9.84 Å². The van der Waals surface area contributed by atoms with Crippen molar-refractivity contribution in [2.75, 3.05) is 6.61 Å². The zero-order valence-corrected chi connectivity index (χ0v) is 13.5. The average Bonchev–Trinajstić information content (AvgIpc) is 2.67. The molecule has 1 saturated heterocycles. The van der Waals surface area contributed by atoms with Gasteiger partial charge in [-0.2, -0.15) is 0 Å². The highest BCUT2D eigenvalue weighted by molar-refractivity contribution is 9.12. The highest BCUT2D eigenvalue weighted by Gasteiger charge is 2.19. The van der Waals surface area contributed by atoms with Crippen LogP contribution in [0.5, 0.6) is 0 Å². The number of ether oxygens (including phenoxy) is 1. The van der Waals surface area contributed by atoms with Gasteiger partial charge in [0.05, 0.1) is 19.8 Å². The molecule has 2 rings (SSSR count). The van der Waals surface area contributed by atoms with E-state index in [9.17, 15) is 5.11 Å². The standard InChI is InChI=1S/C12H16Br2O2S/c13-11-7-9(12(14)17-11)10(15)5-4-8-3-1-2-6-16-8/h7-8,10,15H,1-6H2. The Morgan fingerprint density at radius 1 is 1.47 bits per heavy atom. The molecule has 5 heteroatoms. The maximum absolute atomic E-state index is 10.1. The summed E-state index contributed by atoms with van der Waals surface area (Å²) in [6.45, 7) is 0.883. The summed E-state index contributed by atoms with van der Waals surface area (Å²) >= 11 is 8.51. The third-order valence-electron chi connectivity index (χ3n) is 3.08. The van der Waals surface area contributed by atoms with Crippen LogP contribution < -0.4 is 0 Å². The van der Waals surface area contributed by atoms with Gasteiger partial charge in [-0.3, -0.25) is 0 Å².